The molecule has 1 saturated heterocycles. The van der Waals surface area contributed by atoms with Gasteiger partial charge in [0.15, 0.2) is 0 Å². The van der Waals surface area contributed by atoms with Crippen LogP contribution in [0.5, 0.6) is 0 Å². The molecule has 114 valence electrons. The van der Waals surface area contributed by atoms with Gasteiger partial charge in [0, 0.05) is 24.8 Å². The van der Waals surface area contributed by atoms with Gasteiger partial charge in [0.1, 0.15) is 6.54 Å². The highest BCUT2D eigenvalue weighted by molar-refractivity contribution is 5.84. The third kappa shape index (κ3) is 4.19. The van der Waals surface area contributed by atoms with Gasteiger partial charge in [-0.1, -0.05) is 17.7 Å². The number of benzene rings is 1. The maximum Gasteiger partial charge on any atom is 0.323 e. The highest BCUT2D eigenvalue weighted by Crippen LogP contribution is 2.16. The Bertz CT molecular complexity index is 515. The van der Waals surface area contributed by atoms with Crippen molar-refractivity contribution in [3.05, 3.63) is 29.8 Å². The van der Waals surface area contributed by atoms with E-state index in [-0.39, 0.29) is 25.0 Å². The van der Waals surface area contributed by atoms with Crippen LogP contribution >= 0.6 is 0 Å². The Balaban J connectivity index is 2.07. The molecule has 0 saturated carbocycles. The van der Waals surface area contributed by atoms with Gasteiger partial charge in [-0.2, -0.15) is 0 Å². The molecule has 6 nitrogen and oxygen atoms in total. The number of aliphatic carboxylic acids is 1. The van der Waals surface area contributed by atoms with E-state index in [1.165, 1.54) is 0 Å². The molecular formula is C15H21N3O3. The number of carboxylic acid groups (broad SMARTS) is 1. The molecule has 1 aromatic carbocycles. The van der Waals surface area contributed by atoms with Gasteiger partial charge in [0.2, 0.25) is 5.91 Å². The van der Waals surface area contributed by atoms with E-state index in [0.717, 1.165) is 17.7 Å². The van der Waals surface area contributed by atoms with Crippen LogP contribution in [-0.2, 0) is 9.59 Å². The molecule has 1 unspecified atom stereocenters. The molecule has 0 spiro atoms. The quantitative estimate of drug-likeness (QED) is 0.822. The highest BCUT2D eigenvalue weighted by atomic mass is 16.4. The van der Waals surface area contributed by atoms with E-state index >= 15 is 0 Å². The summed E-state index contributed by atoms with van der Waals surface area (Å²) in [4.78, 5) is 26.6. The summed E-state index contributed by atoms with van der Waals surface area (Å²) in [6.45, 7) is 3.02. The summed E-state index contributed by atoms with van der Waals surface area (Å²) in [6.07, 6.45) is 0.801. The van der Waals surface area contributed by atoms with Crippen molar-refractivity contribution < 1.29 is 14.7 Å². The van der Waals surface area contributed by atoms with Gasteiger partial charge in [0.05, 0.1) is 6.54 Å². The van der Waals surface area contributed by atoms with Crippen molar-refractivity contribution >= 4 is 17.6 Å². The van der Waals surface area contributed by atoms with E-state index in [9.17, 15) is 9.59 Å². The second-order valence-electron chi connectivity index (χ2n) is 5.47. The van der Waals surface area contributed by atoms with Crippen LogP contribution in [0.1, 0.15) is 12.0 Å². The number of anilines is 1. The SMILES string of the molecule is Cc1ccc(N(CC(=O)O)CC(=O)N2CCC(N)C2)cc1. The average molecular weight is 291 g/mol. The maximum atomic E-state index is 12.3. The average Bonchev–Trinajstić information content (AvgIpc) is 2.85. The minimum atomic E-state index is -0.957. The van der Waals surface area contributed by atoms with E-state index in [4.69, 9.17) is 10.8 Å². The Morgan fingerprint density at radius 1 is 1.33 bits per heavy atom. The fourth-order valence-corrected chi connectivity index (χ4v) is 2.43. The van der Waals surface area contributed by atoms with Gasteiger partial charge in [-0.05, 0) is 25.5 Å². The van der Waals surface area contributed by atoms with E-state index < -0.39 is 5.97 Å². The third-order valence-electron chi connectivity index (χ3n) is 3.63. The third-order valence-corrected chi connectivity index (χ3v) is 3.63. The second kappa shape index (κ2) is 6.58. The number of rotatable bonds is 5. The summed E-state index contributed by atoms with van der Waals surface area (Å²) in [5, 5.41) is 9.03. The van der Waals surface area contributed by atoms with Gasteiger partial charge in [-0.15, -0.1) is 0 Å². The number of likely N-dealkylation sites (tertiary alicyclic amines) is 1. The fourth-order valence-electron chi connectivity index (χ4n) is 2.43. The molecule has 0 aliphatic carbocycles. The topological polar surface area (TPSA) is 86.9 Å². The lowest BCUT2D eigenvalue weighted by molar-refractivity contribution is -0.135. The summed E-state index contributed by atoms with van der Waals surface area (Å²) in [5.41, 5.74) is 7.63. The highest BCUT2D eigenvalue weighted by Gasteiger charge is 2.25. The molecule has 6 heteroatoms. The van der Waals surface area contributed by atoms with Crippen LogP contribution in [0.25, 0.3) is 0 Å². The van der Waals surface area contributed by atoms with Gasteiger partial charge in [0.25, 0.3) is 0 Å². The Kier molecular flexibility index (Phi) is 4.80. The monoisotopic (exact) mass is 291 g/mol. The van der Waals surface area contributed by atoms with Crippen LogP contribution in [0.2, 0.25) is 0 Å². The van der Waals surface area contributed by atoms with Crippen molar-refractivity contribution in [1.82, 2.24) is 4.90 Å². The number of nitrogens with two attached hydrogens (primary N) is 1. The largest absolute Gasteiger partial charge is 0.480 e. The molecule has 0 bridgehead atoms. The summed E-state index contributed by atoms with van der Waals surface area (Å²) in [5.74, 6) is -1.04. The predicted molar refractivity (Wildman–Crippen MR) is 80.2 cm³/mol. The number of aryl methyl sites for hydroxylation is 1. The molecule has 3 N–H and O–H groups in total. The Labute approximate surface area is 124 Å². The zero-order valence-electron chi connectivity index (χ0n) is 12.2. The lowest BCUT2D eigenvalue weighted by Crippen LogP contribution is -2.42. The summed E-state index contributed by atoms with van der Waals surface area (Å²) < 4.78 is 0. The van der Waals surface area contributed by atoms with Gasteiger partial charge < -0.3 is 20.6 Å². The van der Waals surface area contributed by atoms with Gasteiger partial charge >= 0.3 is 5.97 Å². The molecule has 0 aromatic heterocycles. The van der Waals surface area contributed by atoms with Crippen molar-refractivity contribution in [2.24, 2.45) is 5.73 Å². The Morgan fingerprint density at radius 2 is 2.00 bits per heavy atom. The van der Waals surface area contributed by atoms with Crippen LogP contribution in [0.4, 0.5) is 5.69 Å². The second-order valence-corrected chi connectivity index (χ2v) is 5.47. The van der Waals surface area contributed by atoms with E-state index in [1.807, 2.05) is 31.2 Å². The molecule has 21 heavy (non-hydrogen) atoms. The molecule has 1 aliphatic rings. The van der Waals surface area contributed by atoms with Crippen LogP contribution in [-0.4, -0.2) is 54.1 Å². The summed E-state index contributed by atoms with van der Waals surface area (Å²) in [7, 11) is 0. The van der Waals surface area contributed by atoms with Crippen molar-refractivity contribution in [1.29, 1.82) is 0 Å². The van der Waals surface area contributed by atoms with Crippen molar-refractivity contribution in [3.8, 4) is 0 Å². The van der Waals surface area contributed by atoms with E-state index in [2.05, 4.69) is 0 Å². The number of nitrogens with zero attached hydrogens (tertiary/aromatic N) is 2. The molecule has 1 heterocycles. The molecule has 1 aliphatic heterocycles. The first-order valence-electron chi connectivity index (χ1n) is 7.02. The first-order valence-corrected chi connectivity index (χ1v) is 7.02. The number of hydrogen-bond acceptors (Lipinski definition) is 4. The Morgan fingerprint density at radius 3 is 2.52 bits per heavy atom. The molecule has 1 fully saturated rings. The standard InChI is InChI=1S/C15H21N3O3/c1-11-2-4-13(5-3-11)18(10-15(20)21)9-14(19)17-7-6-12(16)8-17/h2-5,12H,6-10,16H2,1H3,(H,20,21). The number of carboxylic acids is 1. The van der Waals surface area contributed by atoms with Crippen molar-refractivity contribution in [2.45, 2.75) is 19.4 Å². The zero-order chi connectivity index (χ0) is 15.4. The van der Waals surface area contributed by atoms with Crippen LogP contribution in [0, 0.1) is 6.92 Å². The van der Waals surface area contributed by atoms with Gasteiger partial charge in [-0.25, -0.2) is 0 Å². The minimum Gasteiger partial charge on any atom is -0.480 e. The lowest BCUT2D eigenvalue weighted by atomic mass is 10.2. The molecule has 1 aromatic rings. The summed E-state index contributed by atoms with van der Waals surface area (Å²) in [6, 6.07) is 7.50. The zero-order valence-corrected chi connectivity index (χ0v) is 12.2. The van der Waals surface area contributed by atoms with Crippen LogP contribution in [0.3, 0.4) is 0 Å². The molecular weight excluding hydrogens is 270 g/mol. The lowest BCUT2D eigenvalue weighted by Gasteiger charge is -2.25. The number of hydrogen-bond donors (Lipinski definition) is 2. The number of amides is 1. The Hall–Kier alpha value is -2.08. The molecule has 1 amide bonds. The van der Waals surface area contributed by atoms with Crippen LogP contribution < -0.4 is 10.6 Å². The predicted octanol–water partition coefficient (Wildman–Crippen LogP) is 0.446. The normalized spacial score (nSPS) is 17.8. The first-order chi connectivity index (χ1) is 9.95. The van der Waals surface area contributed by atoms with Crippen molar-refractivity contribution in [2.75, 3.05) is 31.1 Å². The van der Waals surface area contributed by atoms with Gasteiger partial charge in [-0.3, -0.25) is 9.59 Å². The number of carbonyl (C=O) groups is 2. The maximum absolute atomic E-state index is 12.3. The smallest absolute Gasteiger partial charge is 0.323 e. The summed E-state index contributed by atoms with van der Waals surface area (Å²) >= 11 is 0. The van der Waals surface area contributed by atoms with E-state index in [1.54, 1.807) is 9.80 Å². The number of carbonyl (C=O) groups excluding carboxylic acids is 1. The molecule has 1 atom stereocenters. The first kappa shape index (κ1) is 15.3. The van der Waals surface area contributed by atoms with Crippen LogP contribution in [0.15, 0.2) is 24.3 Å². The van der Waals surface area contributed by atoms with Crippen molar-refractivity contribution in [3.63, 3.8) is 0 Å². The molecule has 0 radical (unpaired) electrons. The fraction of sp³-hybridized carbons (Fsp3) is 0.467. The van der Waals surface area contributed by atoms with E-state index in [0.29, 0.717) is 13.1 Å². The molecule has 2 rings (SSSR count). The minimum absolute atomic E-state index is 0.0289.